The normalized spacial score (nSPS) is 25.4. The maximum Gasteiger partial charge on any atom is 0.241 e. The van der Waals surface area contributed by atoms with Crippen molar-refractivity contribution < 1.29 is 19.5 Å². The van der Waals surface area contributed by atoms with Gasteiger partial charge in [0.05, 0.1) is 12.1 Å². The molecular formula is C18H32N4O4. The number of rotatable bonds is 5. The minimum absolute atomic E-state index is 0.00914. The first-order valence-electron chi connectivity index (χ1n) is 9.51. The van der Waals surface area contributed by atoms with Crippen molar-refractivity contribution in [1.82, 2.24) is 20.4 Å². The van der Waals surface area contributed by atoms with Crippen molar-refractivity contribution >= 4 is 17.7 Å². The van der Waals surface area contributed by atoms with Crippen LogP contribution in [0.3, 0.4) is 0 Å². The van der Waals surface area contributed by atoms with Crippen molar-refractivity contribution in [2.45, 2.75) is 57.6 Å². The zero-order valence-electron chi connectivity index (χ0n) is 15.9. The lowest BCUT2D eigenvalue weighted by Gasteiger charge is -2.38. The minimum atomic E-state index is -0.788. The van der Waals surface area contributed by atoms with E-state index in [1.807, 2.05) is 0 Å². The minimum Gasteiger partial charge on any atom is -0.388 e. The number of β-amino-alcohol motifs (C(OH)–C–C–N with tert-alkyl or cyclic N) is 1. The monoisotopic (exact) mass is 368 g/mol. The van der Waals surface area contributed by atoms with Gasteiger partial charge in [0.1, 0.15) is 0 Å². The molecule has 0 spiro atoms. The predicted molar refractivity (Wildman–Crippen MR) is 97.3 cm³/mol. The van der Waals surface area contributed by atoms with Gasteiger partial charge in [-0.1, -0.05) is 0 Å². The number of aliphatic hydroxyl groups is 1. The van der Waals surface area contributed by atoms with Gasteiger partial charge in [-0.25, -0.2) is 0 Å². The standard InChI is InChI=1S/C18H32N4O4/c1-14(23)19-12-17(25)22-8-3-6-18(26,7-11-22)13-21-9-4-16(5-10-21)20-15(2)24/h16,26H,3-13H2,1-2H3,(H,19,23)(H,20,24)/t18-/m0/s1. The molecule has 0 unspecified atom stereocenters. The summed E-state index contributed by atoms with van der Waals surface area (Å²) in [7, 11) is 0. The fourth-order valence-electron chi connectivity index (χ4n) is 3.84. The first kappa shape index (κ1) is 20.6. The number of carbonyl (C=O) groups excluding carboxylic acids is 3. The smallest absolute Gasteiger partial charge is 0.241 e. The van der Waals surface area contributed by atoms with Crippen molar-refractivity contribution in [3.8, 4) is 0 Å². The maximum atomic E-state index is 12.2. The van der Waals surface area contributed by atoms with Gasteiger partial charge in [-0.2, -0.15) is 0 Å². The molecule has 2 heterocycles. The van der Waals surface area contributed by atoms with E-state index in [4.69, 9.17) is 0 Å². The van der Waals surface area contributed by atoms with Crippen molar-refractivity contribution in [2.75, 3.05) is 39.3 Å². The van der Waals surface area contributed by atoms with E-state index in [0.717, 1.165) is 32.4 Å². The van der Waals surface area contributed by atoms with Crippen LogP contribution in [0.1, 0.15) is 46.0 Å². The van der Waals surface area contributed by atoms with Crippen LogP contribution in [0, 0.1) is 0 Å². The summed E-state index contributed by atoms with van der Waals surface area (Å²) in [4.78, 5) is 38.3. The molecule has 3 amide bonds. The van der Waals surface area contributed by atoms with E-state index >= 15 is 0 Å². The number of carbonyl (C=O) groups is 3. The molecule has 8 heteroatoms. The van der Waals surface area contributed by atoms with Crippen LogP contribution in [0.2, 0.25) is 0 Å². The third kappa shape index (κ3) is 6.57. The van der Waals surface area contributed by atoms with Crippen LogP contribution < -0.4 is 10.6 Å². The summed E-state index contributed by atoms with van der Waals surface area (Å²) in [6, 6.07) is 0.231. The van der Waals surface area contributed by atoms with Crippen molar-refractivity contribution in [2.24, 2.45) is 0 Å². The molecular weight excluding hydrogens is 336 g/mol. The third-order valence-electron chi connectivity index (χ3n) is 5.27. The van der Waals surface area contributed by atoms with Gasteiger partial charge in [-0.3, -0.25) is 14.4 Å². The number of hydrogen-bond acceptors (Lipinski definition) is 5. The van der Waals surface area contributed by atoms with Gasteiger partial charge in [-0.05, 0) is 32.1 Å². The van der Waals surface area contributed by atoms with Crippen LogP contribution in [0.5, 0.6) is 0 Å². The number of hydrogen-bond donors (Lipinski definition) is 3. The van der Waals surface area contributed by atoms with Crippen LogP contribution >= 0.6 is 0 Å². The van der Waals surface area contributed by atoms with E-state index < -0.39 is 5.60 Å². The average molecular weight is 368 g/mol. The largest absolute Gasteiger partial charge is 0.388 e. The summed E-state index contributed by atoms with van der Waals surface area (Å²) in [5, 5.41) is 16.5. The maximum absolute atomic E-state index is 12.2. The second-order valence-corrected chi connectivity index (χ2v) is 7.62. The summed E-state index contributed by atoms with van der Waals surface area (Å²) in [5.41, 5.74) is -0.788. The fraction of sp³-hybridized carbons (Fsp3) is 0.833. The van der Waals surface area contributed by atoms with E-state index in [9.17, 15) is 19.5 Å². The molecule has 3 N–H and O–H groups in total. The molecule has 0 aromatic carbocycles. The molecule has 148 valence electrons. The van der Waals surface area contributed by atoms with E-state index in [1.165, 1.54) is 6.92 Å². The Balaban J connectivity index is 1.79. The lowest BCUT2D eigenvalue weighted by molar-refractivity contribution is -0.132. The van der Waals surface area contributed by atoms with Crippen molar-refractivity contribution in [3.05, 3.63) is 0 Å². The lowest BCUT2D eigenvalue weighted by atomic mass is 9.93. The number of likely N-dealkylation sites (tertiary alicyclic amines) is 2. The zero-order chi connectivity index (χ0) is 19.2. The van der Waals surface area contributed by atoms with Gasteiger partial charge in [-0.15, -0.1) is 0 Å². The summed E-state index contributed by atoms with van der Waals surface area (Å²) in [5.74, 6) is -0.303. The first-order chi connectivity index (χ1) is 12.3. The molecule has 0 aromatic heterocycles. The quantitative estimate of drug-likeness (QED) is 0.605. The van der Waals surface area contributed by atoms with Crippen LogP contribution in [0.15, 0.2) is 0 Å². The molecule has 0 aliphatic carbocycles. The zero-order valence-corrected chi connectivity index (χ0v) is 15.9. The fourth-order valence-corrected chi connectivity index (χ4v) is 3.84. The number of piperidine rings is 1. The summed E-state index contributed by atoms with van der Waals surface area (Å²) in [6.45, 7) is 6.40. The molecule has 8 nitrogen and oxygen atoms in total. The van der Waals surface area contributed by atoms with Crippen molar-refractivity contribution in [3.63, 3.8) is 0 Å². The first-order valence-corrected chi connectivity index (χ1v) is 9.51. The topological polar surface area (TPSA) is 102 Å². The van der Waals surface area contributed by atoms with Gasteiger partial charge < -0.3 is 25.5 Å². The number of nitrogens with zero attached hydrogens (tertiary/aromatic N) is 2. The highest BCUT2D eigenvalue weighted by Gasteiger charge is 2.34. The number of amides is 3. The second kappa shape index (κ2) is 9.32. The molecule has 0 saturated carbocycles. The van der Waals surface area contributed by atoms with Gasteiger partial charge in [0, 0.05) is 52.6 Å². The lowest BCUT2D eigenvalue weighted by Crippen LogP contribution is -2.50. The molecule has 2 aliphatic rings. The number of nitrogens with one attached hydrogen (secondary N) is 2. The Morgan fingerprint density at radius 1 is 1.04 bits per heavy atom. The highest BCUT2D eigenvalue weighted by atomic mass is 16.3. The highest BCUT2D eigenvalue weighted by Crippen LogP contribution is 2.25. The van der Waals surface area contributed by atoms with Gasteiger partial charge in [0.2, 0.25) is 17.7 Å². The molecule has 26 heavy (non-hydrogen) atoms. The SMILES string of the molecule is CC(=O)NCC(=O)N1CCC[C@@](O)(CN2CCC(NC(C)=O)CC2)CC1. The summed E-state index contributed by atoms with van der Waals surface area (Å²) < 4.78 is 0. The molecule has 2 saturated heterocycles. The second-order valence-electron chi connectivity index (χ2n) is 7.62. The molecule has 2 fully saturated rings. The van der Waals surface area contributed by atoms with Crippen molar-refractivity contribution in [1.29, 1.82) is 0 Å². The Kier molecular flexibility index (Phi) is 7.40. The van der Waals surface area contributed by atoms with Crippen LogP contribution in [-0.2, 0) is 14.4 Å². The highest BCUT2D eigenvalue weighted by molar-refractivity contribution is 5.83. The van der Waals surface area contributed by atoms with Gasteiger partial charge >= 0.3 is 0 Å². The van der Waals surface area contributed by atoms with Gasteiger partial charge in [0.15, 0.2) is 0 Å². The third-order valence-corrected chi connectivity index (χ3v) is 5.27. The Bertz CT molecular complexity index is 519. The van der Waals surface area contributed by atoms with E-state index in [0.29, 0.717) is 32.5 Å². The van der Waals surface area contributed by atoms with Crippen LogP contribution in [-0.4, -0.2) is 83.5 Å². The Morgan fingerprint density at radius 3 is 2.35 bits per heavy atom. The van der Waals surface area contributed by atoms with Crippen LogP contribution in [0.25, 0.3) is 0 Å². The van der Waals surface area contributed by atoms with E-state index in [-0.39, 0.29) is 30.3 Å². The Hall–Kier alpha value is -1.67. The van der Waals surface area contributed by atoms with E-state index in [2.05, 4.69) is 15.5 Å². The Morgan fingerprint density at radius 2 is 1.73 bits per heavy atom. The molecule has 0 bridgehead atoms. The predicted octanol–water partition coefficient (Wildman–Crippen LogP) is -0.533. The Labute approximate surface area is 155 Å². The molecule has 2 rings (SSSR count). The van der Waals surface area contributed by atoms with Crippen LogP contribution in [0.4, 0.5) is 0 Å². The molecule has 0 aromatic rings. The summed E-state index contributed by atoms with van der Waals surface area (Å²) >= 11 is 0. The molecule has 2 aliphatic heterocycles. The van der Waals surface area contributed by atoms with E-state index in [1.54, 1.807) is 11.8 Å². The average Bonchev–Trinajstić information content (AvgIpc) is 2.76. The molecule has 1 atom stereocenters. The molecule has 0 radical (unpaired) electrons. The summed E-state index contributed by atoms with van der Waals surface area (Å²) in [6.07, 6.45) is 3.77. The van der Waals surface area contributed by atoms with Gasteiger partial charge in [0.25, 0.3) is 0 Å².